The SMILES string of the molecule is C/C=C\C.C=C/C(=C\c1c(C)c(N)c(N=C(C)c2cccc(-c3cccc4c3sc3ccccc34)c2)c2ccc(-c3ccc(-c4ccccc4)cc3)cc12)c1ccc(-c2ccccc2)cc1.CC. The Balaban J connectivity index is 0.000000991. The second kappa shape index (κ2) is 21.6. The molecule has 2 N–H and O–H groups in total. The number of nitrogens with two attached hydrogens (primary N) is 1. The number of hydrogen-bond acceptors (Lipinski definition) is 3. The number of rotatable bonds is 9. The minimum Gasteiger partial charge on any atom is -0.397 e. The summed E-state index contributed by atoms with van der Waals surface area (Å²) in [6, 6.07) is 69.2. The molecule has 1 heterocycles. The number of anilines is 1. The van der Waals surface area contributed by atoms with E-state index in [1.165, 1.54) is 53.6 Å². The Kier molecular flexibility index (Phi) is 14.8. The molecule has 0 fully saturated rings. The first kappa shape index (κ1) is 46.7. The largest absolute Gasteiger partial charge is 0.397 e. The second-order valence-electron chi connectivity index (χ2n) is 16.5. The molecule has 0 aliphatic rings. The number of thiophene rings is 1. The molecule has 3 heteroatoms. The number of allylic oxidation sites excluding steroid dienone is 4. The number of hydrogen-bond donors (Lipinski definition) is 1. The average molecular weight is 899 g/mol. The van der Waals surface area contributed by atoms with Gasteiger partial charge in [0.25, 0.3) is 0 Å². The molecule has 0 aliphatic carbocycles. The monoisotopic (exact) mass is 898 g/mol. The molecule has 0 amide bonds. The maximum absolute atomic E-state index is 7.20. The topological polar surface area (TPSA) is 38.4 Å². The lowest BCUT2D eigenvalue weighted by molar-refractivity contribution is 1.43. The Morgan fingerprint density at radius 1 is 0.515 bits per heavy atom. The van der Waals surface area contributed by atoms with Crippen LogP contribution in [0.4, 0.5) is 11.4 Å². The molecule has 0 atom stereocenters. The summed E-state index contributed by atoms with van der Waals surface area (Å²) in [5.41, 5.74) is 24.1. The molecule has 0 radical (unpaired) electrons. The molecule has 334 valence electrons. The van der Waals surface area contributed by atoms with Crippen LogP contribution >= 0.6 is 11.3 Å². The van der Waals surface area contributed by atoms with Gasteiger partial charge in [0.15, 0.2) is 0 Å². The summed E-state index contributed by atoms with van der Waals surface area (Å²) in [6.45, 7) is 16.5. The smallest absolute Gasteiger partial charge is 0.0943 e. The van der Waals surface area contributed by atoms with Gasteiger partial charge in [-0.25, -0.2) is 0 Å². The Bertz CT molecular complexity index is 3440. The molecule has 0 saturated heterocycles. The normalized spacial score (nSPS) is 11.6. The van der Waals surface area contributed by atoms with E-state index < -0.39 is 0 Å². The molecular weight excluding hydrogens is 841 g/mol. The number of nitrogens with zero attached hydrogens (tertiary/aromatic N) is 1. The minimum atomic E-state index is 0.664. The van der Waals surface area contributed by atoms with Crippen molar-refractivity contribution in [3.63, 3.8) is 0 Å². The van der Waals surface area contributed by atoms with Crippen LogP contribution in [0.3, 0.4) is 0 Å². The third-order valence-corrected chi connectivity index (χ3v) is 13.6. The summed E-state index contributed by atoms with van der Waals surface area (Å²) in [7, 11) is 0. The van der Waals surface area contributed by atoms with Crippen molar-refractivity contribution in [1.82, 2.24) is 0 Å². The van der Waals surface area contributed by atoms with E-state index in [0.29, 0.717) is 5.69 Å². The molecular formula is C65H58N2S. The van der Waals surface area contributed by atoms with Gasteiger partial charge >= 0.3 is 0 Å². The zero-order valence-electron chi connectivity index (χ0n) is 39.9. The van der Waals surface area contributed by atoms with Crippen LogP contribution in [0.5, 0.6) is 0 Å². The Labute approximate surface area is 406 Å². The van der Waals surface area contributed by atoms with E-state index in [0.717, 1.165) is 61.1 Å². The van der Waals surface area contributed by atoms with Crippen molar-refractivity contribution in [3.05, 3.63) is 241 Å². The third kappa shape index (κ3) is 9.81. The van der Waals surface area contributed by atoms with Gasteiger partial charge in [-0.3, -0.25) is 4.99 Å². The average Bonchev–Trinajstić information content (AvgIpc) is 3.80. The van der Waals surface area contributed by atoms with Gasteiger partial charge in [-0.15, -0.1) is 11.3 Å². The van der Waals surface area contributed by atoms with Crippen LogP contribution in [0.2, 0.25) is 0 Å². The second-order valence-corrected chi connectivity index (χ2v) is 17.5. The van der Waals surface area contributed by atoms with Crippen LogP contribution in [-0.2, 0) is 0 Å². The predicted molar refractivity (Wildman–Crippen MR) is 302 cm³/mol. The van der Waals surface area contributed by atoms with Crippen molar-refractivity contribution in [1.29, 1.82) is 0 Å². The van der Waals surface area contributed by atoms with E-state index in [2.05, 4.69) is 215 Å². The summed E-state index contributed by atoms with van der Waals surface area (Å²) in [5, 5.41) is 4.67. The Morgan fingerprint density at radius 2 is 1.04 bits per heavy atom. The van der Waals surface area contributed by atoms with Crippen molar-refractivity contribution in [2.24, 2.45) is 4.99 Å². The summed E-state index contributed by atoms with van der Waals surface area (Å²) in [4.78, 5) is 5.39. The highest BCUT2D eigenvalue weighted by Crippen LogP contribution is 2.43. The molecule has 0 unspecified atom stereocenters. The molecule has 0 aliphatic heterocycles. The highest BCUT2D eigenvalue weighted by molar-refractivity contribution is 7.26. The lowest BCUT2D eigenvalue weighted by Crippen LogP contribution is -2.00. The van der Waals surface area contributed by atoms with Gasteiger partial charge in [0.1, 0.15) is 0 Å². The van der Waals surface area contributed by atoms with Crippen LogP contribution in [0.1, 0.15) is 56.9 Å². The molecule has 68 heavy (non-hydrogen) atoms. The highest BCUT2D eigenvalue weighted by atomic mass is 32.1. The van der Waals surface area contributed by atoms with Crippen molar-refractivity contribution in [2.75, 3.05) is 5.73 Å². The van der Waals surface area contributed by atoms with Gasteiger partial charge < -0.3 is 5.73 Å². The van der Waals surface area contributed by atoms with Gasteiger partial charge in [-0.1, -0.05) is 215 Å². The van der Waals surface area contributed by atoms with Crippen LogP contribution in [-0.4, -0.2) is 5.71 Å². The van der Waals surface area contributed by atoms with Gasteiger partial charge in [0, 0.05) is 31.3 Å². The zero-order valence-corrected chi connectivity index (χ0v) is 40.7. The molecule has 9 aromatic carbocycles. The Hall–Kier alpha value is -7.85. The number of aliphatic imine (C=N–C) groups is 1. The van der Waals surface area contributed by atoms with Crippen molar-refractivity contribution >= 4 is 71.0 Å². The maximum Gasteiger partial charge on any atom is 0.0943 e. The van der Waals surface area contributed by atoms with Crippen LogP contribution in [0.25, 0.3) is 87.1 Å². The molecule has 1 aromatic heterocycles. The fourth-order valence-corrected chi connectivity index (χ4v) is 9.87. The van der Waals surface area contributed by atoms with Crippen LogP contribution in [0.15, 0.2) is 224 Å². The minimum absolute atomic E-state index is 0.664. The predicted octanol–water partition coefficient (Wildman–Crippen LogP) is 19.2. The lowest BCUT2D eigenvalue weighted by Gasteiger charge is -2.17. The maximum atomic E-state index is 7.20. The number of benzene rings is 9. The van der Waals surface area contributed by atoms with E-state index in [-0.39, 0.29) is 0 Å². The highest BCUT2D eigenvalue weighted by Gasteiger charge is 2.18. The molecule has 10 aromatic rings. The fraction of sp³-hybridized carbons (Fsp3) is 0.0923. The molecule has 10 rings (SSSR count). The van der Waals surface area contributed by atoms with Crippen LogP contribution in [0, 0.1) is 6.92 Å². The standard InChI is InChI=1S/C59H44N2S.C4H8.C2H6/c1-4-40(43-25-27-44(28-26-43)41-15-7-5-8-16-41)36-54-38(2)57(60)58(52-34-33-48(37-55(52)54)46-31-29-45(30-32-46)42-17-9-6-10-18-42)61-39(3)47-19-13-20-49(35-47)50-22-14-23-53-51-21-11-12-24-56(51)62-59(50)53;1-3-4-2;1-2/h4-37H,1,60H2,2-3H3;3-4H,1-2H3;1-2H3/b40-36+,61-39?;4-3-;. The van der Waals surface area contributed by atoms with E-state index in [1.54, 1.807) is 0 Å². The number of fused-ring (bicyclic) bond motifs is 4. The van der Waals surface area contributed by atoms with E-state index in [4.69, 9.17) is 10.7 Å². The van der Waals surface area contributed by atoms with Crippen molar-refractivity contribution in [3.8, 4) is 44.5 Å². The van der Waals surface area contributed by atoms with Crippen molar-refractivity contribution < 1.29 is 0 Å². The van der Waals surface area contributed by atoms with Gasteiger partial charge in [0.05, 0.1) is 11.4 Å². The molecule has 0 saturated carbocycles. The van der Waals surface area contributed by atoms with Crippen LogP contribution < -0.4 is 5.73 Å². The fourth-order valence-electron chi connectivity index (χ4n) is 8.63. The molecule has 0 spiro atoms. The van der Waals surface area contributed by atoms with E-state index in [1.807, 2.05) is 63.3 Å². The number of nitrogen functional groups attached to an aromatic ring is 1. The lowest BCUT2D eigenvalue weighted by atomic mass is 9.90. The third-order valence-electron chi connectivity index (χ3n) is 12.4. The summed E-state index contributed by atoms with van der Waals surface area (Å²) < 4.78 is 2.60. The van der Waals surface area contributed by atoms with E-state index >= 15 is 0 Å². The van der Waals surface area contributed by atoms with Gasteiger partial charge in [-0.2, -0.15) is 0 Å². The molecule has 0 bridgehead atoms. The van der Waals surface area contributed by atoms with Crippen molar-refractivity contribution in [2.45, 2.75) is 41.5 Å². The summed E-state index contributed by atoms with van der Waals surface area (Å²) >= 11 is 1.85. The van der Waals surface area contributed by atoms with E-state index in [9.17, 15) is 0 Å². The molecule has 2 nitrogen and oxygen atoms in total. The summed E-state index contributed by atoms with van der Waals surface area (Å²) in [6.07, 6.45) is 8.17. The van der Waals surface area contributed by atoms with Gasteiger partial charge in [0.2, 0.25) is 0 Å². The quantitative estimate of drug-likeness (QED) is 0.0506. The summed E-state index contributed by atoms with van der Waals surface area (Å²) in [5.74, 6) is 0. The first-order valence-corrected chi connectivity index (χ1v) is 24.3. The zero-order chi connectivity index (χ0) is 47.6. The Morgan fingerprint density at radius 3 is 1.68 bits per heavy atom. The first-order chi connectivity index (χ1) is 33.3. The first-order valence-electron chi connectivity index (χ1n) is 23.5. The van der Waals surface area contributed by atoms with Gasteiger partial charge in [-0.05, 0) is 130 Å².